The van der Waals surface area contributed by atoms with Crippen molar-refractivity contribution in [2.75, 3.05) is 17.7 Å². The Labute approximate surface area is 123 Å². The molecule has 0 radical (unpaired) electrons. The van der Waals surface area contributed by atoms with Gasteiger partial charge in [-0.2, -0.15) is 0 Å². The lowest BCUT2D eigenvalue weighted by atomic mass is 10.2. The summed E-state index contributed by atoms with van der Waals surface area (Å²) in [7, 11) is 0. The molecular formula is C14H11BrN2O3. The number of hydrogen-bond acceptors (Lipinski definition) is 4. The number of halogens is 1. The Morgan fingerprint density at radius 2 is 2.05 bits per heavy atom. The second-order valence-corrected chi connectivity index (χ2v) is 5.11. The lowest BCUT2D eigenvalue weighted by Crippen LogP contribution is -2.25. The summed E-state index contributed by atoms with van der Waals surface area (Å²) in [5, 5.41) is 2.72. The van der Waals surface area contributed by atoms with Crippen LogP contribution in [0.4, 0.5) is 11.4 Å². The third kappa shape index (κ3) is 2.42. The molecule has 1 aliphatic heterocycles. The lowest BCUT2D eigenvalue weighted by molar-refractivity contribution is -0.118. The molecule has 0 unspecified atom stereocenters. The van der Waals surface area contributed by atoms with Crippen molar-refractivity contribution in [3.63, 3.8) is 0 Å². The molecule has 3 N–H and O–H groups in total. The van der Waals surface area contributed by atoms with E-state index in [-0.39, 0.29) is 12.5 Å². The smallest absolute Gasteiger partial charge is 0.262 e. The fourth-order valence-electron chi connectivity index (χ4n) is 1.86. The highest BCUT2D eigenvalue weighted by molar-refractivity contribution is 9.10. The summed E-state index contributed by atoms with van der Waals surface area (Å²) in [5.41, 5.74) is 6.94. The predicted molar refractivity (Wildman–Crippen MR) is 79.2 cm³/mol. The van der Waals surface area contributed by atoms with Crippen LogP contribution in [0.15, 0.2) is 40.9 Å². The molecule has 5 nitrogen and oxygen atoms in total. The highest BCUT2D eigenvalue weighted by Crippen LogP contribution is 2.39. The van der Waals surface area contributed by atoms with E-state index in [2.05, 4.69) is 21.2 Å². The largest absolute Gasteiger partial charge is 0.481 e. The molecule has 0 aliphatic carbocycles. The molecule has 0 saturated carbocycles. The van der Waals surface area contributed by atoms with Crippen molar-refractivity contribution >= 4 is 33.2 Å². The Hall–Kier alpha value is -2.21. The van der Waals surface area contributed by atoms with Crippen molar-refractivity contribution in [3.8, 4) is 17.2 Å². The van der Waals surface area contributed by atoms with Crippen LogP contribution < -0.4 is 20.5 Å². The Morgan fingerprint density at radius 3 is 2.85 bits per heavy atom. The van der Waals surface area contributed by atoms with E-state index in [0.29, 0.717) is 28.6 Å². The first-order valence-electron chi connectivity index (χ1n) is 5.92. The molecule has 3 rings (SSSR count). The maximum Gasteiger partial charge on any atom is 0.262 e. The second-order valence-electron chi connectivity index (χ2n) is 4.26. The molecule has 0 atom stereocenters. The molecule has 1 amide bonds. The number of carbonyl (C=O) groups is 1. The fraction of sp³-hybridized carbons (Fsp3) is 0.0714. The summed E-state index contributed by atoms with van der Waals surface area (Å²) in [5.74, 6) is 1.44. The maximum atomic E-state index is 11.3. The first-order valence-corrected chi connectivity index (χ1v) is 6.71. The summed E-state index contributed by atoms with van der Waals surface area (Å²) < 4.78 is 11.9. The molecule has 1 heterocycles. The molecule has 0 bridgehead atoms. The van der Waals surface area contributed by atoms with E-state index in [1.165, 1.54) is 0 Å². The molecule has 2 aromatic rings. The number of benzene rings is 2. The number of rotatable bonds is 2. The number of carbonyl (C=O) groups excluding carboxylic acids is 1. The quantitative estimate of drug-likeness (QED) is 0.827. The number of hydrogen-bond donors (Lipinski definition) is 2. The highest BCUT2D eigenvalue weighted by atomic mass is 79.9. The molecule has 2 aromatic carbocycles. The number of para-hydroxylation sites is 1. The zero-order valence-corrected chi connectivity index (χ0v) is 11.9. The topological polar surface area (TPSA) is 73.6 Å². The second kappa shape index (κ2) is 5.05. The molecule has 0 spiro atoms. The van der Waals surface area contributed by atoms with Crippen LogP contribution in [0, 0.1) is 0 Å². The van der Waals surface area contributed by atoms with E-state index in [1.807, 2.05) is 24.3 Å². The minimum absolute atomic E-state index is 0.00310. The third-order valence-corrected chi connectivity index (χ3v) is 3.46. The van der Waals surface area contributed by atoms with Gasteiger partial charge in [-0.1, -0.05) is 12.1 Å². The number of fused-ring (bicyclic) bond motifs is 1. The van der Waals surface area contributed by atoms with Gasteiger partial charge in [0.15, 0.2) is 12.4 Å². The highest BCUT2D eigenvalue weighted by Gasteiger charge is 2.19. The predicted octanol–water partition coefficient (Wildman–Crippen LogP) is 3.15. The molecule has 0 saturated heterocycles. The molecule has 6 heteroatoms. The van der Waals surface area contributed by atoms with E-state index < -0.39 is 0 Å². The average molecular weight is 335 g/mol. The van der Waals surface area contributed by atoms with E-state index in [9.17, 15) is 4.79 Å². The summed E-state index contributed by atoms with van der Waals surface area (Å²) in [6, 6.07) is 10.7. The summed E-state index contributed by atoms with van der Waals surface area (Å²) in [6.45, 7) is -0.00310. The first-order chi connectivity index (χ1) is 9.63. The molecular weight excluding hydrogens is 324 g/mol. The van der Waals surface area contributed by atoms with Crippen molar-refractivity contribution in [1.82, 2.24) is 0 Å². The van der Waals surface area contributed by atoms with Crippen LogP contribution in [0.25, 0.3) is 0 Å². The van der Waals surface area contributed by atoms with Crippen molar-refractivity contribution < 1.29 is 14.3 Å². The molecule has 1 aliphatic rings. The SMILES string of the molecule is Nc1cc2c(cc1Oc1ccccc1Br)NC(=O)CO2. The number of anilines is 2. The van der Waals surface area contributed by atoms with E-state index >= 15 is 0 Å². The van der Waals surface area contributed by atoms with E-state index in [4.69, 9.17) is 15.2 Å². The van der Waals surface area contributed by atoms with Crippen LogP contribution in [-0.4, -0.2) is 12.5 Å². The number of nitrogen functional groups attached to an aromatic ring is 1. The zero-order chi connectivity index (χ0) is 14.1. The number of nitrogens with two attached hydrogens (primary N) is 1. The van der Waals surface area contributed by atoms with Gasteiger partial charge in [0, 0.05) is 12.1 Å². The Balaban J connectivity index is 1.96. The molecule has 102 valence electrons. The van der Waals surface area contributed by atoms with Crippen LogP contribution in [0.2, 0.25) is 0 Å². The summed E-state index contributed by atoms with van der Waals surface area (Å²) >= 11 is 3.40. The lowest BCUT2D eigenvalue weighted by Gasteiger charge is -2.20. The van der Waals surface area contributed by atoms with Crippen LogP contribution >= 0.6 is 15.9 Å². The van der Waals surface area contributed by atoms with Gasteiger partial charge in [-0.05, 0) is 28.1 Å². The Kier molecular flexibility index (Phi) is 3.23. The summed E-state index contributed by atoms with van der Waals surface area (Å²) in [6.07, 6.45) is 0. The Bertz CT molecular complexity index is 688. The van der Waals surface area contributed by atoms with Crippen molar-refractivity contribution in [3.05, 3.63) is 40.9 Å². The Morgan fingerprint density at radius 1 is 1.25 bits per heavy atom. The molecule has 0 aromatic heterocycles. The van der Waals surface area contributed by atoms with Crippen molar-refractivity contribution in [2.45, 2.75) is 0 Å². The monoisotopic (exact) mass is 334 g/mol. The molecule has 0 fully saturated rings. The summed E-state index contributed by atoms with van der Waals surface area (Å²) in [4.78, 5) is 11.3. The van der Waals surface area contributed by atoms with Gasteiger partial charge in [0.1, 0.15) is 11.5 Å². The van der Waals surface area contributed by atoms with Crippen molar-refractivity contribution in [1.29, 1.82) is 0 Å². The fourth-order valence-corrected chi connectivity index (χ4v) is 2.22. The van der Waals surface area contributed by atoms with Gasteiger partial charge in [-0.15, -0.1) is 0 Å². The van der Waals surface area contributed by atoms with E-state index in [0.717, 1.165) is 4.47 Å². The van der Waals surface area contributed by atoms with Gasteiger partial charge >= 0.3 is 0 Å². The van der Waals surface area contributed by atoms with Gasteiger partial charge < -0.3 is 20.5 Å². The van der Waals surface area contributed by atoms with Gasteiger partial charge in [0.05, 0.1) is 15.8 Å². The van der Waals surface area contributed by atoms with Gasteiger partial charge in [0.2, 0.25) is 0 Å². The first kappa shape index (κ1) is 12.8. The molecule has 20 heavy (non-hydrogen) atoms. The van der Waals surface area contributed by atoms with Gasteiger partial charge in [-0.25, -0.2) is 0 Å². The maximum absolute atomic E-state index is 11.3. The van der Waals surface area contributed by atoms with Crippen molar-refractivity contribution in [2.24, 2.45) is 0 Å². The minimum atomic E-state index is -0.200. The number of ether oxygens (including phenoxy) is 2. The van der Waals surface area contributed by atoms with Gasteiger partial charge in [0.25, 0.3) is 5.91 Å². The third-order valence-electron chi connectivity index (χ3n) is 2.80. The average Bonchev–Trinajstić information content (AvgIpc) is 2.42. The standard InChI is InChI=1S/C14H11BrN2O3/c15-8-3-1-2-4-11(8)20-12-6-10-13(5-9(12)16)19-7-14(18)17-10/h1-6H,7,16H2,(H,17,18). The zero-order valence-electron chi connectivity index (χ0n) is 10.4. The number of amides is 1. The van der Waals surface area contributed by atoms with Crippen LogP contribution in [0.5, 0.6) is 17.2 Å². The van der Waals surface area contributed by atoms with Crippen LogP contribution in [-0.2, 0) is 4.79 Å². The van der Waals surface area contributed by atoms with Crippen LogP contribution in [0.3, 0.4) is 0 Å². The normalized spacial score (nSPS) is 13.2. The van der Waals surface area contributed by atoms with Crippen LogP contribution in [0.1, 0.15) is 0 Å². The van der Waals surface area contributed by atoms with Gasteiger partial charge in [-0.3, -0.25) is 4.79 Å². The minimum Gasteiger partial charge on any atom is -0.481 e. The van der Waals surface area contributed by atoms with E-state index in [1.54, 1.807) is 12.1 Å². The number of nitrogens with one attached hydrogen (secondary N) is 1.